The molecule has 126 valence electrons. The molecule has 4 heteroatoms. The smallest absolute Gasteiger partial charge is 0.123 e. The fourth-order valence-corrected chi connectivity index (χ4v) is 4.00. The Labute approximate surface area is 142 Å². The van der Waals surface area contributed by atoms with E-state index in [2.05, 4.69) is 34.1 Å². The zero-order valence-electron chi connectivity index (χ0n) is 13.9. The van der Waals surface area contributed by atoms with Crippen LogP contribution in [0.4, 0.5) is 15.8 Å². The molecule has 2 heterocycles. The van der Waals surface area contributed by atoms with E-state index in [-0.39, 0.29) is 5.82 Å². The normalized spacial score (nSPS) is 19.4. The molecule has 4 rings (SSSR count). The number of nitrogens with zero attached hydrogens (tertiary/aromatic N) is 2. The van der Waals surface area contributed by atoms with Crippen LogP contribution in [0.1, 0.15) is 18.4 Å². The summed E-state index contributed by atoms with van der Waals surface area (Å²) < 4.78 is 13.0. The van der Waals surface area contributed by atoms with Crippen LogP contribution in [0, 0.1) is 11.2 Å². The summed E-state index contributed by atoms with van der Waals surface area (Å²) in [7, 11) is 0. The molecule has 24 heavy (non-hydrogen) atoms. The van der Waals surface area contributed by atoms with E-state index in [9.17, 15) is 4.39 Å². The van der Waals surface area contributed by atoms with Crippen molar-refractivity contribution in [1.29, 1.82) is 0 Å². The van der Waals surface area contributed by atoms with E-state index >= 15 is 0 Å². The first-order valence-electron chi connectivity index (χ1n) is 8.72. The summed E-state index contributed by atoms with van der Waals surface area (Å²) in [6.45, 7) is 5.01. The lowest BCUT2D eigenvalue weighted by molar-refractivity contribution is 0.162. The Hall–Kier alpha value is -2.07. The van der Waals surface area contributed by atoms with E-state index in [1.54, 1.807) is 12.1 Å². The van der Waals surface area contributed by atoms with Crippen molar-refractivity contribution in [2.24, 2.45) is 11.1 Å². The predicted octanol–water partition coefficient (Wildman–Crippen LogP) is 3.39. The summed E-state index contributed by atoms with van der Waals surface area (Å²) in [6.07, 6.45) is 2.45. The second-order valence-electron chi connectivity index (χ2n) is 7.19. The second kappa shape index (κ2) is 6.10. The van der Waals surface area contributed by atoms with Crippen LogP contribution in [0.15, 0.2) is 48.5 Å². The average Bonchev–Trinajstić information content (AvgIpc) is 2.61. The van der Waals surface area contributed by atoms with Gasteiger partial charge in [0.1, 0.15) is 5.82 Å². The molecule has 0 amide bonds. The number of rotatable bonds is 3. The predicted molar refractivity (Wildman–Crippen MR) is 96.8 cm³/mol. The molecule has 2 fully saturated rings. The standard InChI is InChI=1S/C20H24FN3/c21-17-3-7-19(8-4-17)24-14-20(15-24)9-11-23(12-10-20)18-5-1-16(13-22)2-6-18/h1-8H,9-15,22H2. The highest BCUT2D eigenvalue weighted by Crippen LogP contribution is 2.43. The van der Waals surface area contributed by atoms with Crippen molar-refractivity contribution in [2.75, 3.05) is 36.0 Å². The van der Waals surface area contributed by atoms with Crippen molar-refractivity contribution in [2.45, 2.75) is 19.4 Å². The molecule has 2 aliphatic rings. The highest BCUT2D eigenvalue weighted by molar-refractivity contribution is 5.51. The van der Waals surface area contributed by atoms with Gasteiger partial charge in [0, 0.05) is 49.5 Å². The lowest BCUT2D eigenvalue weighted by Gasteiger charge is -2.55. The third-order valence-corrected chi connectivity index (χ3v) is 5.61. The maximum absolute atomic E-state index is 13.0. The Balaban J connectivity index is 1.34. The number of benzene rings is 2. The van der Waals surface area contributed by atoms with Crippen molar-refractivity contribution in [3.8, 4) is 0 Å². The van der Waals surface area contributed by atoms with Crippen LogP contribution in [0.3, 0.4) is 0 Å². The van der Waals surface area contributed by atoms with Crippen molar-refractivity contribution in [3.63, 3.8) is 0 Å². The molecule has 0 aromatic heterocycles. The van der Waals surface area contributed by atoms with E-state index in [1.807, 2.05) is 12.1 Å². The van der Waals surface area contributed by atoms with Gasteiger partial charge in [0.2, 0.25) is 0 Å². The number of hydrogen-bond acceptors (Lipinski definition) is 3. The zero-order chi connectivity index (χ0) is 16.6. The van der Waals surface area contributed by atoms with Gasteiger partial charge in [-0.3, -0.25) is 0 Å². The molecule has 1 spiro atoms. The Morgan fingerprint density at radius 1 is 0.833 bits per heavy atom. The number of anilines is 2. The quantitative estimate of drug-likeness (QED) is 0.939. The van der Waals surface area contributed by atoms with Gasteiger partial charge < -0.3 is 15.5 Å². The van der Waals surface area contributed by atoms with Gasteiger partial charge in [-0.1, -0.05) is 12.1 Å². The van der Waals surface area contributed by atoms with Gasteiger partial charge in [-0.15, -0.1) is 0 Å². The average molecular weight is 325 g/mol. The highest BCUT2D eigenvalue weighted by atomic mass is 19.1. The molecule has 0 radical (unpaired) electrons. The summed E-state index contributed by atoms with van der Waals surface area (Å²) in [6, 6.07) is 15.5. The van der Waals surface area contributed by atoms with Gasteiger partial charge in [-0.25, -0.2) is 4.39 Å². The molecular formula is C20H24FN3. The van der Waals surface area contributed by atoms with Crippen LogP contribution in [0.2, 0.25) is 0 Å². The van der Waals surface area contributed by atoms with Crippen LogP contribution < -0.4 is 15.5 Å². The molecule has 0 bridgehead atoms. The molecule has 2 saturated heterocycles. The van der Waals surface area contributed by atoms with Crippen molar-refractivity contribution in [3.05, 3.63) is 59.9 Å². The Morgan fingerprint density at radius 3 is 1.96 bits per heavy atom. The Morgan fingerprint density at radius 2 is 1.38 bits per heavy atom. The summed E-state index contributed by atoms with van der Waals surface area (Å²) in [5.41, 5.74) is 9.74. The Kier molecular flexibility index (Phi) is 3.93. The van der Waals surface area contributed by atoms with Crippen LogP contribution in [-0.2, 0) is 6.54 Å². The van der Waals surface area contributed by atoms with Crippen molar-refractivity contribution >= 4 is 11.4 Å². The highest BCUT2D eigenvalue weighted by Gasteiger charge is 2.44. The first kappa shape index (κ1) is 15.5. The minimum Gasteiger partial charge on any atom is -0.371 e. The van der Waals surface area contributed by atoms with Crippen LogP contribution in [-0.4, -0.2) is 26.2 Å². The topological polar surface area (TPSA) is 32.5 Å². The Bertz CT molecular complexity index is 680. The molecule has 0 unspecified atom stereocenters. The second-order valence-corrected chi connectivity index (χ2v) is 7.19. The van der Waals surface area contributed by atoms with Crippen LogP contribution >= 0.6 is 0 Å². The number of hydrogen-bond donors (Lipinski definition) is 1. The molecule has 0 saturated carbocycles. The summed E-state index contributed by atoms with van der Waals surface area (Å²) >= 11 is 0. The van der Waals surface area contributed by atoms with Crippen LogP contribution in [0.25, 0.3) is 0 Å². The van der Waals surface area contributed by atoms with Gasteiger partial charge in [0.05, 0.1) is 0 Å². The molecule has 2 aromatic rings. The number of halogens is 1. The lowest BCUT2D eigenvalue weighted by atomic mass is 9.71. The van der Waals surface area contributed by atoms with Crippen molar-refractivity contribution in [1.82, 2.24) is 0 Å². The number of nitrogens with two attached hydrogens (primary N) is 1. The van der Waals surface area contributed by atoms with Gasteiger partial charge in [0.25, 0.3) is 0 Å². The molecule has 0 aliphatic carbocycles. The third kappa shape index (κ3) is 2.86. The van der Waals surface area contributed by atoms with Gasteiger partial charge in [0.15, 0.2) is 0 Å². The van der Waals surface area contributed by atoms with Gasteiger partial charge in [-0.2, -0.15) is 0 Å². The zero-order valence-corrected chi connectivity index (χ0v) is 13.9. The minimum absolute atomic E-state index is 0.164. The fourth-order valence-electron chi connectivity index (χ4n) is 4.00. The SMILES string of the molecule is NCc1ccc(N2CCC3(CC2)CN(c2ccc(F)cc2)C3)cc1. The maximum Gasteiger partial charge on any atom is 0.123 e. The summed E-state index contributed by atoms with van der Waals surface area (Å²) in [5, 5.41) is 0. The minimum atomic E-state index is -0.164. The molecule has 3 nitrogen and oxygen atoms in total. The van der Waals surface area contributed by atoms with E-state index in [0.717, 1.165) is 31.9 Å². The molecule has 2 aliphatic heterocycles. The van der Waals surface area contributed by atoms with E-state index < -0.39 is 0 Å². The van der Waals surface area contributed by atoms with E-state index in [1.165, 1.54) is 24.1 Å². The van der Waals surface area contributed by atoms with Gasteiger partial charge in [-0.05, 0) is 54.8 Å². The summed E-state index contributed by atoms with van der Waals surface area (Å²) in [4.78, 5) is 4.84. The fraction of sp³-hybridized carbons (Fsp3) is 0.400. The first-order chi connectivity index (χ1) is 11.7. The molecule has 2 aromatic carbocycles. The molecular weight excluding hydrogens is 301 g/mol. The molecule has 2 N–H and O–H groups in total. The van der Waals surface area contributed by atoms with E-state index in [0.29, 0.717) is 12.0 Å². The lowest BCUT2D eigenvalue weighted by Crippen LogP contribution is -2.60. The maximum atomic E-state index is 13.0. The third-order valence-electron chi connectivity index (χ3n) is 5.61. The van der Waals surface area contributed by atoms with E-state index in [4.69, 9.17) is 5.73 Å². The number of piperidine rings is 1. The molecule has 0 atom stereocenters. The van der Waals surface area contributed by atoms with Gasteiger partial charge >= 0.3 is 0 Å². The monoisotopic (exact) mass is 325 g/mol. The first-order valence-corrected chi connectivity index (χ1v) is 8.72. The largest absolute Gasteiger partial charge is 0.371 e. The van der Waals surface area contributed by atoms with Crippen molar-refractivity contribution < 1.29 is 4.39 Å². The summed E-state index contributed by atoms with van der Waals surface area (Å²) in [5.74, 6) is -0.164. The van der Waals surface area contributed by atoms with Crippen LogP contribution in [0.5, 0.6) is 0 Å².